The Hall–Kier alpha value is -2.94. The van der Waals surface area contributed by atoms with Gasteiger partial charge in [0, 0.05) is 18.8 Å². The lowest BCUT2D eigenvalue weighted by atomic mass is 10.1. The summed E-state index contributed by atoms with van der Waals surface area (Å²) in [5.74, 6) is -3.57. The molecule has 1 aromatic carbocycles. The van der Waals surface area contributed by atoms with E-state index in [2.05, 4.69) is 0 Å². The van der Waals surface area contributed by atoms with Crippen LogP contribution in [-0.4, -0.2) is 31.8 Å². The number of carbonyl (C=O) groups excluding carboxylic acids is 1. The van der Waals surface area contributed by atoms with Crippen LogP contribution in [0.1, 0.15) is 29.9 Å². The number of carbonyl (C=O) groups is 2. The van der Waals surface area contributed by atoms with Crippen LogP contribution in [0, 0.1) is 12.7 Å². The van der Waals surface area contributed by atoms with Gasteiger partial charge >= 0.3 is 17.6 Å². The summed E-state index contributed by atoms with van der Waals surface area (Å²) in [5.41, 5.74) is -4.04. The molecule has 1 N–H and O–H groups in total. The summed E-state index contributed by atoms with van der Waals surface area (Å²) in [4.78, 5) is 48.0. The smallest absolute Gasteiger partial charge is 0.347 e. The average Bonchev–Trinajstić information content (AvgIpc) is 2.54. The number of carboxylic acids is 1. The van der Waals surface area contributed by atoms with E-state index in [-0.39, 0.29) is 5.02 Å². The zero-order valence-corrected chi connectivity index (χ0v) is 15.6. The molecular weight excluding hydrogens is 383 g/mol. The molecule has 0 unspecified atom stereocenters. The molecule has 27 heavy (non-hydrogen) atoms. The zero-order valence-electron chi connectivity index (χ0n) is 14.9. The molecule has 0 saturated heterocycles. The van der Waals surface area contributed by atoms with Crippen LogP contribution in [0.2, 0.25) is 5.02 Å². The van der Waals surface area contributed by atoms with Crippen LogP contribution in [-0.2, 0) is 16.6 Å². The van der Waals surface area contributed by atoms with Gasteiger partial charge in [-0.3, -0.25) is 4.79 Å². The number of esters is 1. The van der Waals surface area contributed by atoms with Crippen molar-refractivity contribution in [2.75, 3.05) is 0 Å². The summed E-state index contributed by atoms with van der Waals surface area (Å²) < 4.78 is 20.9. The van der Waals surface area contributed by atoms with Crippen LogP contribution in [0.15, 0.2) is 27.8 Å². The third-order valence-corrected chi connectivity index (χ3v) is 4.23. The third-order valence-electron chi connectivity index (χ3n) is 3.92. The lowest BCUT2D eigenvalue weighted by Crippen LogP contribution is -2.39. The van der Waals surface area contributed by atoms with Gasteiger partial charge in [0.05, 0.1) is 16.3 Å². The highest BCUT2D eigenvalue weighted by Crippen LogP contribution is 2.25. The highest BCUT2D eigenvalue weighted by Gasteiger charge is 2.33. The fraction of sp³-hybridized carbons (Fsp3) is 0.294. The number of hydrogen-bond donors (Lipinski definition) is 1. The van der Waals surface area contributed by atoms with E-state index in [1.54, 1.807) is 0 Å². The normalized spacial score (nSPS) is 11.3. The number of nitrogens with zero attached hydrogens (tertiary/aromatic N) is 2. The third kappa shape index (κ3) is 3.77. The number of hydrogen-bond acceptors (Lipinski definition) is 5. The second-order valence-corrected chi connectivity index (χ2v) is 6.70. The van der Waals surface area contributed by atoms with Crippen LogP contribution in [0.3, 0.4) is 0 Å². The van der Waals surface area contributed by atoms with E-state index in [4.69, 9.17) is 21.4 Å². The Kier molecular flexibility index (Phi) is 5.28. The summed E-state index contributed by atoms with van der Waals surface area (Å²) in [7, 11) is 1.39. The van der Waals surface area contributed by atoms with Crippen molar-refractivity contribution in [3.63, 3.8) is 0 Å². The van der Waals surface area contributed by atoms with Crippen molar-refractivity contribution < 1.29 is 23.8 Å². The number of aryl methyl sites for hydroxylation is 1. The molecule has 0 spiro atoms. The number of halogens is 2. The van der Waals surface area contributed by atoms with Crippen LogP contribution in [0.4, 0.5) is 4.39 Å². The number of rotatable bonds is 4. The average molecular weight is 399 g/mol. The summed E-state index contributed by atoms with van der Waals surface area (Å²) in [6.07, 6.45) is 0. The van der Waals surface area contributed by atoms with Crippen LogP contribution >= 0.6 is 11.6 Å². The second kappa shape index (κ2) is 6.99. The van der Waals surface area contributed by atoms with Crippen LogP contribution in [0.5, 0.6) is 0 Å². The van der Waals surface area contributed by atoms with Gasteiger partial charge in [0.1, 0.15) is 5.82 Å². The molecule has 1 aromatic heterocycles. The lowest BCUT2D eigenvalue weighted by Gasteiger charge is -2.20. The van der Waals surface area contributed by atoms with Crippen molar-refractivity contribution in [1.29, 1.82) is 0 Å². The van der Waals surface area contributed by atoms with Crippen molar-refractivity contribution >= 4 is 23.5 Å². The fourth-order valence-corrected chi connectivity index (χ4v) is 2.38. The van der Waals surface area contributed by atoms with Gasteiger partial charge in [-0.05, 0) is 32.9 Å². The van der Waals surface area contributed by atoms with Crippen molar-refractivity contribution in [2.45, 2.75) is 26.4 Å². The minimum Gasteiger partial charge on any atom is -0.478 e. The van der Waals surface area contributed by atoms with E-state index in [1.807, 2.05) is 0 Å². The summed E-state index contributed by atoms with van der Waals surface area (Å²) in [5, 5.41) is 8.69. The van der Waals surface area contributed by atoms with Gasteiger partial charge in [0.2, 0.25) is 5.60 Å². The molecule has 0 aliphatic carbocycles. The maximum absolute atomic E-state index is 14.4. The number of aromatic nitrogens is 2. The molecule has 0 aliphatic heterocycles. The molecule has 144 valence electrons. The van der Waals surface area contributed by atoms with E-state index in [0.717, 1.165) is 36.6 Å². The monoisotopic (exact) mass is 398 g/mol. The molecule has 0 bridgehead atoms. The molecule has 8 nitrogen and oxygen atoms in total. The number of benzene rings is 1. The van der Waals surface area contributed by atoms with Gasteiger partial charge in [-0.15, -0.1) is 0 Å². The first-order valence-corrected chi connectivity index (χ1v) is 8.00. The standard InChI is InChI=1S/C17H16ClFN2O6/c1-8-5-13(22)21(16(26)20(8)4)12-6-9(10(18)7-11(12)19)14(23)27-17(2,3)15(24)25/h5-7H,1-4H3,(H,24,25). The Labute approximate surface area is 157 Å². The van der Waals surface area contributed by atoms with Crippen LogP contribution < -0.4 is 11.2 Å². The summed E-state index contributed by atoms with van der Waals surface area (Å²) >= 11 is 5.87. The molecule has 1 heterocycles. The second-order valence-electron chi connectivity index (χ2n) is 6.29. The number of aliphatic carboxylic acids is 1. The molecular formula is C17H16ClFN2O6. The first-order chi connectivity index (χ1) is 12.4. The highest BCUT2D eigenvalue weighted by molar-refractivity contribution is 6.33. The zero-order chi connectivity index (χ0) is 20.7. The molecule has 0 radical (unpaired) electrons. The van der Waals surface area contributed by atoms with Gasteiger partial charge in [-0.2, -0.15) is 0 Å². The van der Waals surface area contributed by atoms with Crippen LogP contribution in [0.25, 0.3) is 5.69 Å². The van der Waals surface area contributed by atoms with Crippen molar-refractivity contribution in [2.24, 2.45) is 7.05 Å². The molecule has 2 aromatic rings. The number of ether oxygens (including phenoxy) is 1. The SMILES string of the molecule is Cc1cc(=O)n(-c2cc(C(=O)OC(C)(C)C(=O)O)c(Cl)cc2F)c(=O)n1C. The highest BCUT2D eigenvalue weighted by atomic mass is 35.5. The van der Waals surface area contributed by atoms with E-state index in [0.29, 0.717) is 10.3 Å². The molecule has 10 heteroatoms. The minimum atomic E-state index is -1.87. The number of carboxylic acid groups (broad SMARTS) is 1. The molecule has 0 saturated carbocycles. The Balaban J connectivity index is 2.67. The van der Waals surface area contributed by atoms with Gasteiger partial charge in [-0.1, -0.05) is 11.6 Å². The van der Waals surface area contributed by atoms with E-state index in [9.17, 15) is 23.6 Å². The molecule has 2 rings (SSSR count). The fourth-order valence-electron chi connectivity index (χ4n) is 2.15. The van der Waals surface area contributed by atoms with Gasteiger partial charge in [0.15, 0.2) is 0 Å². The Morgan fingerprint density at radius 3 is 2.37 bits per heavy atom. The predicted molar refractivity (Wildman–Crippen MR) is 94.1 cm³/mol. The van der Waals surface area contributed by atoms with E-state index in [1.165, 1.54) is 14.0 Å². The Bertz CT molecular complexity index is 1070. The van der Waals surface area contributed by atoms with E-state index >= 15 is 0 Å². The first kappa shape index (κ1) is 20.4. The molecule has 0 fully saturated rings. The first-order valence-electron chi connectivity index (χ1n) is 7.62. The quantitative estimate of drug-likeness (QED) is 0.785. The Morgan fingerprint density at radius 1 is 1.22 bits per heavy atom. The van der Waals surface area contributed by atoms with Crippen molar-refractivity contribution in [1.82, 2.24) is 9.13 Å². The molecule has 0 aliphatic rings. The maximum atomic E-state index is 14.4. The summed E-state index contributed by atoms with van der Waals surface area (Å²) in [6.45, 7) is 3.82. The summed E-state index contributed by atoms with van der Waals surface area (Å²) in [6, 6.07) is 2.74. The van der Waals surface area contributed by atoms with Crippen molar-refractivity contribution in [3.8, 4) is 5.69 Å². The molecule has 0 amide bonds. The maximum Gasteiger partial charge on any atom is 0.347 e. The predicted octanol–water partition coefficient (Wildman–Crippen LogP) is 1.66. The van der Waals surface area contributed by atoms with Gasteiger partial charge in [0.25, 0.3) is 5.56 Å². The van der Waals surface area contributed by atoms with Gasteiger partial charge < -0.3 is 14.4 Å². The topological polar surface area (TPSA) is 108 Å². The van der Waals surface area contributed by atoms with Gasteiger partial charge in [-0.25, -0.2) is 23.3 Å². The van der Waals surface area contributed by atoms with E-state index < -0.39 is 45.9 Å². The van der Waals surface area contributed by atoms with Crippen molar-refractivity contribution in [3.05, 3.63) is 61.1 Å². The molecule has 0 atom stereocenters. The minimum absolute atomic E-state index is 0.360. The lowest BCUT2D eigenvalue weighted by molar-refractivity contribution is -0.155. The Morgan fingerprint density at radius 2 is 1.81 bits per heavy atom. The largest absolute Gasteiger partial charge is 0.478 e.